The number of allylic oxidation sites excluding steroid dienone is 4. The quantitative estimate of drug-likeness (QED) is 0.102. The van der Waals surface area contributed by atoms with E-state index >= 15 is 0 Å². The van der Waals surface area contributed by atoms with Gasteiger partial charge < -0.3 is 14.2 Å². The van der Waals surface area contributed by atoms with Gasteiger partial charge in [0.2, 0.25) is 0 Å². The van der Waals surface area contributed by atoms with E-state index in [2.05, 4.69) is 28.4 Å². The van der Waals surface area contributed by atoms with Crippen LogP contribution in [0, 0.1) is 23.7 Å². The van der Waals surface area contributed by atoms with Crippen molar-refractivity contribution in [2.75, 3.05) is 7.11 Å². The molecular weight excluding hydrogens is 540 g/mol. The molecule has 2 aromatic rings. The molecule has 0 radical (unpaired) electrons. The second kappa shape index (κ2) is 21.6. The summed E-state index contributed by atoms with van der Waals surface area (Å²) in [5.74, 6) is 10.7. The number of methoxy groups -OCH3 is 1. The first-order valence-corrected chi connectivity index (χ1v) is 14.2. The van der Waals surface area contributed by atoms with Crippen LogP contribution in [0.3, 0.4) is 0 Å². The molecule has 0 aliphatic rings. The number of hydrogen-bond donors (Lipinski definition) is 0. The van der Waals surface area contributed by atoms with Gasteiger partial charge in [-0.05, 0) is 61.4 Å². The average Bonchev–Trinajstić information content (AvgIpc) is 3.04. The van der Waals surface area contributed by atoms with Gasteiger partial charge in [-0.25, -0.2) is 9.59 Å². The lowest BCUT2D eigenvalue weighted by Crippen LogP contribution is -2.15. The molecule has 2 rings (SSSR count). The van der Waals surface area contributed by atoms with Crippen molar-refractivity contribution in [2.24, 2.45) is 0 Å². The molecule has 0 aliphatic carbocycles. The Morgan fingerprint density at radius 3 is 1.67 bits per heavy atom. The van der Waals surface area contributed by atoms with Gasteiger partial charge in [0, 0.05) is 19.3 Å². The van der Waals surface area contributed by atoms with Gasteiger partial charge in [0.25, 0.3) is 0 Å². The third-order valence-electron chi connectivity index (χ3n) is 5.75. The lowest BCUT2D eigenvalue weighted by atomic mass is 10.2. The normalized spacial score (nSPS) is 12.3. The first kappa shape index (κ1) is 34.1. The zero-order valence-corrected chi connectivity index (χ0v) is 24.7. The van der Waals surface area contributed by atoms with E-state index in [9.17, 15) is 14.4 Å². The molecule has 0 aromatic heterocycles. The van der Waals surface area contributed by atoms with Gasteiger partial charge in [0.15, 0.2) is 0 Å². The number of carbonyl (C=O) groups is 3. The standard InChI is InChI=1S/C37H38O6/c1-3-4-13-26-33(42-36(39)31-22-14-10-15-23-31)27-18-8-6-5-7-9-19-28-34(29-20-12-21-30-35(38)41-2)43-37(40)32-24-16-11-17-25-32/h4,10-20,22-25,27-28,33-34H,3,5,21,26,29-30H2,1-2H3/b13-4-,20-12-,27-18+,28-19+/t33-,34+/m0/s1. The summed E-state index contributed by atoms with van der Waals surface area (Å²) < 4.78 is 15.9. The van der Waals surface area contributed by atoms with E-state index < -0.39 is 18.2 Å². The molecule has 6 heteroatoms. The highest BCUT2D eigenvalue weighted by molar-refractivity contribution is 5.90. The highest BCUT2D eigenvalue weighted by Gasteiger charge is 2.13. The largest absolute Gasteiger partial charge is 0.469 e. The summed E-state index contributed by atoms with van der Waals surface area (Å²) in [6, 6.07) is 17.6. The second-order valence-corrected chi connectivity index (χ2v) is 9.09. The molecule has 43 heavy (non-hydrogen) atoms. The van der Waals surface area contributed by atoms with Crippen LogP contribution in [0.4, 0.5) is 0 Å². The van der Waals surface area contributed by atoms with E-state index in [-0.39, 0.29) is 18.4 Å². The van der Waals surface area contributed by atoms with E-state index in [1.807, 2.05) is 43.4 Å². The predicted octanol–water partition coefficient (Wildman–Crippen LogP) is 7.20. The molecule has 0 aliphatic heterocycles. The predicted molar refractivity (Wildman–Crippen MR) is 169 cm³/mol. The van der Waals surface area contributed by atoms with Crippen molar-refractivity contribution in [3.63, 3.8) is 0 Å². The highest BCUT2D eigenvalue weighted by Crippen LogP contribution is 2.10. The Kier molecular flexibility index (Phi) is 17.2. The SMILES string of the molecule is CC/C=C\C[C@@H](/C=C/C#CCC#C/C=C/[C@H](C/C=C\CCC(=O)OC)OC(=O)c1ccccc1)OC(=O)c1ccccc1. The van der Waals surface area contributed by atoms with Gasteiger partial charge in [-0.2, -0.15) is 0 Å². The topological polar surface area (TPSA) is 78.9 Å². The summed E-state index contributed by atoms with van der Waals surface area (Å²) in [5.41, 5.74) is 0.963. The van der Waals surface area contributed by atoms with Crippen molar-refractivity contribution in [2.45, 2.75) is 57.7 Å². The van der Waals surface area contributed by atoms with Crippen molar-refractivity contribution in [3.05, 3.63) is 120 Å². The van der Waals surface area contributed by atoms with E-state index in [1.165, 1.54) is 7.11 Å². The van der Waals surface area contributed by atoms with E-state index in [0.29, 0.717) is 36.8 Å². The van der Waals surface area contributed by atoms with Crippen LogP contribution in [0.25, 0.3) is 0 Å². The first-order valence-electron chi connectivity index (χ1n) is 14.2. The Morgan fingerprint density at radius 1 is 0.721 bits per heavy atom. The lowest BCUT2D eigenvalue weighted by molar-refractivity contribution is -0.140. The molecule has 2 aromatic carbocycles. The average molecular weight is 579 g/mol. The van der Waals surface area contributed by atoms with Crippen molar-refractivity contribution < 1.29 is 28.6 Å². The fourth-order valence-corrected chi connectivity index (χ4v) is 3.51. The van der Waals surface area contributed by atoms with Crippen LogP contribution >= 0.6 is 0 Å². The molecule has 0 bridgehead atoms. The first-order chi connectivity index (χ1) is 21.0. The maximum atomic E-state index is 12.5. The number of rotatable bonds is 14. The Labute approximate surface area is 255 Å². The van der Waals surface area contributed by atoms with E-state index in [0.717, 1.165) is 6.42 Å². The molecule has 0 amide bonds. The van der Waals surface area contributed by atoms with Crippen LogP contribution in [-0.4, -0.2) is 37.2 Å². The Bertz CT molecular complexity index is 1380. The summed E-state index contributed by atoms with van der Waals surface area (Å²) in [6.45, 7) is 2.05. The van der Waals surface area contributed by atoms with Crippen LogP contribution in [0.2, 0.25) is 0 Å². The molecule has 0 fully saturated rings. The maximum Gasteiger partial charge on any atom is 0.338 e. The number of benzene rings is 2. The molecule has 2 atom stereocenters. The molecule has 222 valence electrons. The molecule has 0 saturated heterocycles. The van der Waals surface area contributed by atoms with Crippen molar-refractivity contribution in [1.29, 1.82) is 0 Å². The van der Waals surface area contributed by atoms with Crippen LogP contribution < -0.4 is 0 Å². The molecule has 6 nitrogen and oxygen atoms in total. The van der Waals surface area contributed by atoms with Crippen LogP contribution in [0.15, 0.2) is 109 Å². The number of carbonyl (C=O) groups excluding carboxylic acids is 3. The van der Waals surface area contributed by atoms with Crippen molar-refractivity contribution in [3.8, 4) is 23.7 Å². The molecule has 0 heterocycles. The maximum absolute atomic E-state index is 12.5. The smallest absolute Gasteiger partial charge is 0.338 e. The van der Waals surface area contributed by atoms with Crippen LogP contribution in [-0.2, 0) is 19.0 Å². The van der Waals surface area contributed by atoms with Crippen LogP contribution in [0.5, 0.6) is 0 Å². The fraction of sp³-hybridized carbons (Fsp3) is 0.270. The minimum absolute atomic E-state index is 0.277. The zero-order valence-electron chi connectivity index (χ0n) is 24.7. The van der Waals surface area contributed by atoms with Gasteiger partial charge in [0.05, 0.1) is 24.7 Å². The molecule has 0 saturated carbocycles. The fourth-order valence-electron chi connectivity index (χ4n) is 3.51. The van der Waals surface area contributed by atoms with Gasteiger partial charge in [0.1, 0.15) is 12.2 Å². The molecule has 0 N–H and O–H groups in total. The third kappa shape index (κ3) is 15.5. The van der Waals surface area contributed by atoms with Gasteiger partial charge in [-0.3, -0.25) is 4.79 Å². The third-order valence-corrected chi connectivity index (χ3v) is 5.75. The molecule has 0 spiro atoms. The van der Waals surface area contributed by atoms with Gasteiger partial charge >= 0.3 is 17.9 Å². The van der Waals surface area contributed by atoms with Crippen LogP contribution in [0.1, 0.15) is 66.2 Å². The van der Waals surface area contributed by atoms with Crippen molar-refractivity contribution in [1.82, 2.24) is 0 Å². The summed E-state index contributed by atoms with van der Waals surface area (Å²) in [7, 11) is 1.36. The number of ether oxygens (including phenoxy) is 3. The molecular formula is C37H38O6. The van der Waals surface area contributed by atoms with Crippen molar-refractivity contribution >= 4 is 17.9 Å². The Hall–Kier alpha value is -5.07. The number of esters is 3. The minimum Gasteiger partial charge on any atom is -0.469 e. The highest BCUT2D eigenvalue weighted by atomic mass is 16.5. The van der Waals surface area contributed by atoms with Gasteiger partial charge in [-0.1, -0.05) is 91.3 Å². The summed E-state index contributed by atoms with van der Waals surface area (Å²) >= 11 is 0. The zero-order chi connectivity index (χ0) is 31.0. The lowest BCUT2D eigenvalue weighted by Gasteiger charge is -2.12. The Balaban J connectivity index is 1.94. The monoisotopic (exact) mass is 578 g/mol. The number of hydrogen-bond acceptors (Lipinski definition) is 6. The Morgan fingerprint density at radius 2 is 1.21 bits per heavy atom. The summed E-state index contributed by atoms with van der Waals surface area (Å²) in [5, 5.41) is 0. The minimum atomic E-state index is -0.525. The van der Waals surface area contributed by atoms with E-state index in [4.69, 9.17) is 9.47 Å². The summed E-state index contributed by atoms with van der Waals surface area (Å²) in [6.07, 6.45) is 16.6. The van der Waals surface area contributed by atoms with Gasteiger partial charge in [-0.15, -0.1) is 0 Å². The summed E-state index contributed by atoms with van der Waals surface area (Å²) in [4.78, 5) is 36.2. The molecule has 0 unspecified atom stereocenters. The second-order valence-electron chi connectivity index (χ2n) is 9.09. The van der Waals surface area contributed by atoms with E-state index in [1.54, 1.807) is 72.8 Å².